The van der Waals surface area contributed by atoms with E-state index in [1.165, 1.54) is 18.9 Å². The van der Waals surface area contributed by atoms with Crippen molar-refractivity contribution in [2.75, 3.05) is 32.4 Å². The molecule has 3 rings (SSSR count). The molecule has 0 aliphatic heterocycles. The van der Waals surface area contributed by atoms with Gasteiger partial charge in [0, 0.05) is 12.6 Å². The summed E-state index contributed by atoms with van der Waals surface area (Å²) < 4.78 is 17.9. The zero-order valence-electron chi connectivity index (χ0n) is 17.2. The second-order valence-electron chi connectivity index (χ2n) is 6.21. The van der Waals surface area contributed by atoms with Crippen LogP contribution in [-0.4, -0.2) is 47.8 Å². The summed E-state index contributed by atoms with van der Waals surface area (Å²) in [6.07, 6.45) is 0. The van der Waals surface area contributed by atoms with E-state index in [0.29, 0.717) is 44.0 Å². The molecule has 1 N–H and O–H groups in total. The normalized spacial score (nSPS) is 10.6. The predicted molar refractivity (Wildman–Crippen MR) is 122 cm³/mol. The molecule has 8 nitrogen and oxygen atoms in total. The van der Waals surface area contributed by atoms with Crippen molar-refractivity contribution >= 4 is 46.6 Å². The largest absolute Gasteiger partial charge is 0.493 e. The number of halogens is 2. The fraction of sp³-hybridized carbons (Fsp3) is 0.250. The van der Waals surface area contributed by atoms with Crippen molar-refractivity contribution < 1.29 is 19.0 Å². The lowest BCUT2D eigenvalue weighted by Crippen LogP contribution is -2.15. The lowest BCUT2D eigenvalue weighted by Gasteiger charge is -2.14. The Kier molecular flexibility index (Phi) is 7.53. The van der Waals surface area contributed by atoms with Gasteiger partial charge in [0.25, 0.3) is 0 Å². The first kappa shape index (κ1) is 23.1. The highest BCUT2D eigenvalue weighted by molar-refractivity contribution is 7.99. The van der Waals surface area contributed by atoms with Crippen LogP contribution >= 0.6 is 35.0 Å². The van der Waals surface area contributed by atoms with Gasteiger partial charge in [0.15, 0.2) is 22.5 Å². The van der Waals surface area contributed by atoms with Gasteiger partial charge in [-0.3, -0.25) is 4.79 Å². The zero-order valence-corrected chi connectivity index (χ0v) is 19.6. The maximum atomic E-state index is 12.4. The van der Waals surface area contributed by atoms with Crippen LogP contribution in [0.25, 0.3) is 11.4 Å². The van der Waals surface area contributed by atoms with E-state index in [1.807, 2.05) is 7.05 Å². The molecule has 2 aromatic carbocycles. The van der Waals surface area contributed by atoms with Crippen molar-refractivity contribution in [3.05, 3.63) is 40.4 Å². The number of benzene rings is 2. The first-order valence-corrected chi connectivity index (χ1v) is 10.7. The Morgan fingerprint density at radius 1 is 1.06 bits per heavy atom. The Bertz CT molecular complexity index is 1060. The summed E-state index contributed by atoms with van der Waals surface area (Å²) in [5.74, 6) is 1.91. The van der Waals surface area contributed by atoms with Crippen LogP contribution in [0.3, 0.4) is 0 Å². The van der Waals surface area contributed by atoms with Crippen LogP contribution in [0.4, 0.5) is 5.69 Å². The average Bonchev–Trinajstić information content (AvgIpc) is 3.14. The molecule has 3 aromatic rings. The van der Waals surface area contributed by atoms with Gasteiger partial charge in [0.05, 0.1) is 42.8 Å². The van der Waals surface area contributed by atoms with Crippen LogP contribution in [0.2, 0.25) is 10.0 Å². The van der Waals surface area contributed by atoms with Gasteiger partial charge >= 0.3 is 0 Å². The Hall–Kier alpha value is -2.62. The summed E-state index contributed by atoms with van der Waals surface area (Å²) >= 11 is 13.4. The fourth-order valence-electron chi connectivity index (χ4n) is 2.82. The second-order valence-corrected chi connectivity index (χ2v) is 7.97. The topological polar surface area (TPSA) is 87.5 Å². The number of para-hydroxylation sites is 1. The van der Waals surface area contributed by atoms with Crippen molar-refractivity contribution in [1.29, 1.82) is 0 Å². The van der Waals surface area contributed by atoms with Gasteiger partial charge in [-0.1, -0.05) is 41.0 Å². The quantitative estimate of drug-likeness (QED) is 0.471. The van der Waals surface area contributed by atoms with E-state index in [4.69, 9.17) is 37.4 Å². The molecule has 0 unspecified atom stereocenters. The van der Waals surface area contributed by atoms with Crippen molar-refractivity contribution in [2.24, 2.45) is 7.05 Å². The molecule has 11 heteroatoms. The molecule has 31 heavy (non-hydrogen) atoms. The van der Waals surface area contributed by atoms with Crippen molar-refractivity contribution in [1.82, 2.24) is 14.8 Å². The molecule has 1 aromatic heterocycles. The smallest absolute Gasteiger partial charge is 0.234 e. The number of amides is 1. The number of rotatable bonds is 8. The van der Waals surface area contributed by atoms with Crippen LogP contribution in [0, 0.1) is 0 Å². The number of methoxy groups -OCH3 is 3. The molecule has 0 radical (unpaired) electrons. The van der Waals surface area contributed by atoms with Crippen LogP contribution in [0.5, 0.6) is 17.2 Å². The summed E-state index contributed by atoms with van der Waals surface area (Å²) in [6, 6.07) is 8.59. The Morgan fingerprint density at radius 3 is 2.23 bits per heavy atom. The number of aromatic nitrogens is 3. The van der Waals surface area contributed by atoms with Gasteiger partial charge in [-0.15, -0.1) is 10.2 Å². The standard InChI is InChI=1S/C20H20Cl2N4O4S/c1-26-19(11-8-14(28-2)18(30-4)15(9-11)29-3)24-25-20(26)31-10-16(27)23-17-12(21)6-5-7-13(17)22/h5-9H,10H2,1-4H3,(H,23,27). The van der Waals surface area contributed by atoms with Crippen molar-refractivity contribution in [2.45, 2.75) is 5.16 Å². The number of hydrogen-bond acceptors (Lipinski definition) is 7. The number of thioether (sulfide) groups is 1. The van der Waals surface area contributed by atoms with Crippen LogP contribution in [0.1, 0.15) is 0 Å². The highest BCUT2D eigenvalue weighted by Gasteiger charge is 2.19. The number of nitrogens with zero attached hydrogens (tertiary/aromatic N) is 3. The average molecular weight is 483 g/mol. The summed E-state index contributed by atoms with van der Waals surface area (Å²) in [5, 5.41) is 12.5. The molecule has 0 fully saturated rings. The number of carbonyl (C=O) groups is 1. The minimum absolute atomic E-state index is 0.1000. The third-order valence-corrected chi connectivity index (χ3v) is 5.97. The molecule has 0 aliphatic rings. The number of nitrogens with one attached hydrogen (secondary N) is 1. The van der Waals surface area contributed by atoms with Gasteiger partial charge in [0.2, 0.25) is 11.7 Å². The molecule has 0 saturated carbocycles. The van der Waals surface area contributed by atoms with Crippen LogP contribution in [-0.2, 0) is 11.8 Å². The van der Waals surface area contributed by atoms with Gasteiger partial charge in [-0.05, 0) is 24.3 Å². The highest BCUT2D eigenvalue weighted by atomic mass is 35.5. The van der Waals surface area contributed by atoms with E-state index in [2.05, 4.69) is 15.5 Å². The van der Waals surface area contributed by atoms with E-state index < -0.39 is 0 Å². The van der Waals surface area contributed by atoms with Gasteiger partial charge in [0.1, 0.15) is 0 Å². The van der Waals surface area contributed by atoms with E-state index in [9.17, 15) is 4.79 Å². The minimum atomic E-state index is -0.266. The summed E-state index contributed by atoms with van der Waals surface area (Å²) in [4.78, 5) is 12.4. The van der Waals surface area contributed by atoms with Crippen molar-refractivity contribution in [3.8, 4) is 28.6 Å². The first-order chi connectivity index (χ1) is 14.9. The monoisotopic (exact) mass is 482 g/mol. The number of anilines is 1. The lowest BCUT2D eigenvalue weighted by molar-refractivity contribution is -0.113. The molecular formula is C20H20Cl2N4O4S. The molecule has 164 valence electrons. The molecule has 0 aliphatic carbocycles. The van der Waals surface area contributed by atoms with E-state index in [-0.39, 0.29) is 11.7 Å². The molecule has 0 atom stereocenters. The SMILES string of the molecule is COc1cc(-c2nnc(SCC(=O)Nc3c(Cl)cccc3Cl)n2C)cc(OC)c1OC. The Labute approximate surface area is 193 Å². The maximum Gasteiger partial charge on any atom is 0.234 e. The van der Waals surface area contributed by atoms with E-state index >= 15 is 0 Å². The van der Waals surface area contributed by atoms with Gasteiger partial charge < -0.3 is 24.1 Å². The zero-order chi connectivity index (χ0) is 22.5. The Balaban J connectivity index is 1.77. The summed E-state index contributed by atoms with van der Waals surface area (Å²) in [6.45, 7) is 0. The lowest BCUT2D eigenvalue weighted by atomic mass is 10.1. The predicted octanol–water partition coefficient (Wildman–Crippen LogP) is 4.55. The third-order valence-electron chi connectivity index (χ3n) is 4.32. The highest BCUT2D eigenvalue weighted by Crippen LogP contribution is 2.41. The summed E-state index contributed by atoms with van der Waals surface area (Å²) in [5.41, 5.74) is 1.11. The van der Waals surface area contributed by atoms with Gasteiger partial charge in [-0.25, -0.2) is 0 Å². The van der Waals surface area contributed by atoms with Gasteiger partial charge in [-0.2, -0.15) is 0 Å². The first-order valence-electron chi connectivity index (χ1n) is 8.96. The minimum Gasteiger partial charge on any atom is -0.493 e. The molecule has 1 heterocycles. The summed E-state index contributed by atoms with van der Waals surface area (Å²) in [7, 11) is 6.44. The molecule has 0 spiro atoms. The third kappa shape index (κ3) is 5.00. The molecule has 0 saturated heterocycles. The number of carbonyl (C=O) groups excluding carboxylic acids is 1. The molecular weight excluding hydrogens is 463 g/mol. The molecule has 1 amide bonds. The molecule has 0 bridgehead atoms. The van der Waals surface area contributed by atoms with E-state index in [0.717, 1.165) is 5.56 Å². The Morgan fingerprint density at radius 2 is 1.68 bits per heavy atom. The van der Waals surface area contributed by atoms with Crippen LogP contribution in [0.15, 0.2) is 35.5 Å². The number of hydrogen-bond donors (Lipinski definition) is 1. The maximum absolute atomic E-state index is 12.4. The van der Waals surface area contributed by atoms with Crippen LogP contribution < -0.4 is 19.5 Å². The fourth-order valence-corrected chi connectivity index (χ4v) is 4.03. The second kappa shape index (κ2) is 10.1. The van der Waals surface area contributed by atoms with E-state index in [1.54, 1.807) is 49.1 Å². The van der Waals surface area contributed by atoms with Crippen molar-refractivity contribution in [3.63, 3.8) is 0 Å². The number of ether oxygens (including phenoxy) is 3.